The summed E-state index contributed by atoms with van der Waals surface area (Å²) in [6.07, 6.45) is 15.4. The van der Waals surface area contributed by atoms with Crippen LogP contribution in [-0.2, 0) is 19.1 Å². The number of carbonyl (C=O) groups excluding carboxylic acids is 2. The maximum absolute atomic E-state index is 14.0. The Morgan fingerprint density at radius 3 is 2.19 bits per heavy atom. The fraction of sp³-hybridized carbons (Fsp3) is 0.889. The van der Waals surface area contributed by atoms with E-state index in [4.69, 9.17) is 4.74 Å². The van der Waals surface area contributed by atoms with Gasteiger partial charge in [0.15, 0.2) is 0 Å². The van der Waals surface area contributed by atoms with E-state index in [2.05, 4.69) is 72.4 Å². The minimum atomic E-state index is -0.879. The zero-order valence-corrected chi connectivity index (χ0v) is 34.7. The second-order valence-corrected chi connectivity index (χ2v) is 21.7. The van der Waals surface area contributed by atoms with Crippen molar-refractivity contribution >= 4 is 17.8 Å². The molecule has 0 saturated heterocycles. The molecule has 0 spiro atoms. The number of nitrogens with one attached hydrogen (secondary N) is 1. The van der Waals surface area contributed by atoms with Gasteiger partial charge in [-0.2, -0.15) is 0 Å². The third kappa shape index (κ3) is 6.61. The van der Waals surface area contributed by atoms with Gasteiger partial charge in [-0.1, -0.05) is 60.6 Å². The topological polar surface area (TPSA) is 95.9 Å². The highest BCUT2D eigenvalue weighted by molar-refractivity contribution is 5.77. The van der Waals surface area contributed by atoms with E-state index in [0.717, 1.165) is 44.9 Å². The Kier molecular flexibility index (Phi) is 10.5. The molecule has 2 N–H and O–H groups in total. The number of allylic oxidation sites excluding steroid dienone is 1. The Balaban J connectivity index is 1.20. The normalized spacial score (nSPS) is 43.8. The van der Waals surface area contributed by atoms with E-state index in [1.807, 2.05) is 13.8 Å². The molecule has 0 heterocycles. The molecule has 7 heteroatoms. The highest BCUT2D eigenvalue weighted by Gasteiger charge is 2.71. The molecule has 0 aromatic rings. The summed E-state index contributed by atoms with van der Waals surface area (Å²) in [6.45, 7) is 23.1. The summed E-state index contributed by atoms with van der Waals surface area (Å²) >= 11 is 0. The van der Waals surface area contributed by atoms with Crippen LogP contribution < -0.4 is 5.32 Å². The molecule has 294 valence electrons. The number of ether oxygens (including phenoxy) is 1. The highest BCUT2D eigenvalue weighted by Crippen LogP contribution is 2.78. The molecule has 2 unspecified atom stereocenters. The Hall–Kier alpha value is -1.89. The van der Waals surface area contributed by atoms with Crippen molar-refractivity contribution in [2.45, 2.75) is 176 Å². The van der Waals surface area contributed by atoms with Crippen molar-refractivity contribution in [1.29, 1.82) is 0 Å². The standard InChI is InChI=1S/C45H74N2O5/c1-28(2)31-16-21-45(25-36(48)46-29-12-13-30(24-29)47(10)11)23-22-43(8)32(39(31)45)14-15-34-42(7)19-18-35(41(5,6)33(42)17-20-44(34,43)9)52-38(51)27-40(3,4)26-37(49)50/h29-35,39H,1,12-27H2,2-11H3,(H,46,48)(H,49,50)/t29?,30?,31-,32+,33-,34+,35-,39+,42-,43+,44+,45+/m0/s1. The van der Waals surface area contributed by atoms with E-state index in [-0.39, 0.29) is 52.0 Å². The molecular weight excluding hydrogens is 649 g/mol. The number of carbonyl (C=O) groups is 3. The Morgan fingerprint density at radius 1 is 0.846 bits per heavy atom. The average Bonchev–Trinajstić information content (AvgIpc) is 3.63. The number of carboxylic acid groups (broad SMARTS) is 1. The minimum absolute atomic E-state index is 0.0446. The van der Waals surface area contributed by atoms with E-state index in [0.29, 0.717) is 54.0 Å². The molecule has 6 aliphatic carbocycles. The second kappa shape index (κ2) is 13.7. The molecule has 0 aliphatic heterocycles. The minimum Gasteiger partial charge on any atom is -0.481 e. The first-order valence-electron chi connectivity index (χ1n) is 21.1. The summed E-state index contributed by atoms with van der Waals surface area (Å²) in [7, 11) is 4.32. The smallest absolute Gasteiger partial charge is 0.306 e. The van der Waals surface area contributed by atoms with Gasteiger partial charge >= 0.3 is 11.9 Å². The van der Waals surface area contributed by atoms with Crippen LogP contribution in [0.3, 0.4) is 0 Å². The Bertz CT molecular complexity index is 1420. The second-order valence-electron chi connectivity index (χ2n) is 21.7. The number of amides is 1. The van der Waals surface area contributed by atoms with E-state index in [1.54, 1.807) is 0 Å². The number of hydrogen-bond acceptors (Lipinski definition) is 5. The molecule has 6 rings (SSSR count). The van der Waals surface area contributed by atoms with Crippen LogP contribution in [0.15, 0.2) is 12.2 Å². The van der Waals surface area contributed by atoms with E-state index in [9.17, 15) is 19.5 Å². The van der Waals surface area contributed by atoms with Gasteiger partial charge in [-0.3, -0.25) is 14.4 Å². The average molecular weight is 723 g/mol. The molecule has 0 radical (unpaired) electrons. The largest absolute Gasteiger partial charge is 0.481 e. The molecular formula is C45H74N2O5. The molecule has 1 amide bonds. The lowest BCUT2D eigenvalue weighted by Crippen LogP contribution is -2.67. The van der Waals surface area contributed by atoms with Gasteiger partial charge in [0.05, 0.1) is 12.8 Å². The number of fused-ring (bicyclic) bond motifs is 7. The molecule has 0 bridgehead atoms. The fourth-order valence-corrected chi connectivity index (χ4v) is 15.0. The lowest BCUT2D eigenvalue weighted by Gasteiger charge is -2.73. The molecule has 6 fully saturated rings. The van der Waals surface area contributed by atoms with Gasteiger partial charge in [-0.15, -0.1) is 0 Å². The van der Waals surface area contributed by atoms with Crippen LogP contribution in [0.2, 0.25) is 0 Å². The van der Waals surface area contributed by atoms with Crippen LogP contribution in [0.5, 0.6) is 0 Å². The predicted molar refractivity (Wildman–Crippen MR) is 207 cm³/mol. The van der Waals surface area contributed by atoms with E-state index in [1.165, 1.54) is 44.1 Å². The van der Waals surface area contributed by atoms with Gasteiger partial charge in [0, 0.05) is 23.9 Å². The maximum atomic E-state index is 14.0. The third-order valence-electron chi connectivity index (χ3n) is 17.7. The zero-order chi connectivity index (χ0) is 38.2. The van der Waals surface area contributed by atoms with Crippen molar-refractivity contribution in [2.75, 3.05) is 14.1 Å². The van der Waals surface area contributed by atoms with E-state index < -0.39 is 11.4 Å². The number of esters is 1. The number of aliphatic carboxylic acids is 1. The van der Waals surface area contributed by atoms with E-state index >= 15 is 0 Å². The zero-order valence-electron chi connectivity index (χ0n) is 34.7. The van der Waals surface area contributed by atoms with Gasteiger partial charge in [0.1, 0.15) is 6.10 Å². The third-order valence-corrected chi connectivity index (χ3v) is 17.7. The number of carboxylic acids is 1. The van der Waals surface area contributed by atoms with Crippen molar-refractivity contribution in [3.63, 3.8) is 0 Å². The quantitative estimate of drug-likeness (QED) is 0.172. The van der Waals surface area contributed by atoms with Gasteiger partial charge in [-0.05, 0) is 161 Å². The monoisotopic (exact) mass is 723 g/mol. The van der Waals surface area contributed by atoms with Gasteiger partial charge in [0.25, 0.3) is 0 Å². The Morgan fingerprint density at radius 2 is 1.56 bits per heavy atom. The van der Waals surface area contributed by atoms with Crippen LogP contribution in [0.1, 0.15) is 158 Å². The first-order chi connectivity index (χ1) is 24.1. The molecule has 52 heavy (non-hydrogen) atoms. The molecule has 7 nitrogen and oxygen atoms in total. The Labute approximate surface area is 316 Å². The number of rotatable bonds is 10. The first-order valence-corrected chi connectivity index (χ1v) is 21.1. The molecule has 12 atom stereocenters. The van der Waals surface area contributed by atoms with Crippen LogP contribution in [-0.4, -0.2) is 60.1 Å². The van der Waals surface area contributed by atoms with Crippen LogP contribution in [0.25, 0.3) is 0 Å². The summed E-state index contributed by atoms with van der Waals surface area (Å²) in [6, 6.07) is 0.871. The first kappa shape index (κ1) is 39.8. The van der Waals surface area contributed by atoms with Crippen molar-refractivity contribution in [3.05, 3.63) is 12.2 Å². The highest BCUT2D eigenvalue weighted by atomic mass is 16.5. The van der Waals surface area contributed by atoms with Gasteiger partial charge in [0.2, 0.25) is 5.91 Å². The van der Waals surface area contributed by atoms with Crippen LogP contribution in [0, 0.1) is 62.1 Å². The molecule has 6 saturated carbocycles. The number of hydrogen-bond donors (Lipinski definition) is 2. The van der Waals surface area contributed by atoms with Crippen molar-refractivity contribution in [3.8, 4) is 0 Å². The van der Waals surface area contributed by atoms with Gasteiger partial charge in [-0.25, -0.2) is 0 Å². The van der Waals surface area contributed by atoms with Crippen LogP contribution in [0.4, 0.5) is 0 Å². The lowest BCUT2D eigenvalue weighted by atomic mass is 9.32. The van der Waals surface area contributed by atoms with Gasteiger partial charge < -0.3 is 20.1 Å². The summed E-state index contributed by atoms with van der Waals surface area (Å²) in [5, 5.41) is 12.9. The van der Waals surface area contributed by atoms with Crippen LogP contribution >= 0.6 is 0 Å². The summed E-state index contributed by atoms with van der Waals surface area (Å²) in [4.78, 5) is 40.9. The predicted octanol–water partition coefficient (Wildman–Crippen LogP) is 9.44. The molecule has 6 aliphatic rings. The van der Waals surface area contributed by atoms with Crippen molar-refractivity contribution < 1.29 is 24.2 Å². The number of nitrogens with zero attached hydrogens (tertiary/aromatic N) is 1. The van der Waals surface area contributed by atoms with Crippen molar-refractivity contribution in [1.82, 2.24) is 10.2 Å². The fourth-order valence-electron chi connectivity index (χ4n) is 15.0. The molecule has 0 aromatic heterocycles. The molecule has 0 aromatic carbocycles. The summed E-state index contributed by atoms with van der Waals surface area (Å²) < 4.78 is 6.29. The SMILES string of the molecule is C=C(C)[C@@H]1CC[C@]2(CC(=O)NC3CCC(N(C)C)C3)CC[C@]3(C)[C@H](CC[C@@H]4[C@@]5(C)CC[C@H](OC(=O)CC(C)(C)CC(=O)O)C(C)(C)[C@@H]5CC[C@]43C)[C@@H]12. The summed E-state index contributed by atoms with van der Waals surface area (Å²) in [5.74, 6) is 1.84. The summed E-state index contributed by atoms with van der Waals surface area (Å²) in [5.41, 5.74) is 1.20. The maximum Gasteiger partial charge on any atom is 0.306 e. The van der Waals surface area contributed by atoms with Crippen molar-refractivity contribution in [2.24, 2.45) is 62.1 Å². The lowest BCUT2D eigenvalue weighted by molar-refractivity contribution is -0.250.